The number of hydrogen-bond donors (Lipinski definition) is 2. The zero-order valence-corrected chi connectivity index (χ0v) is 14.1. The van der Waals surface area contributed by atoms with Crippen molar-refractivity contribution in [3.8, 4) is 0 Å². The third-order valence-corrected chi connectivity index (χ3v) is 4.10. The summed E-state index contributed by atoms with van der Waals surface area (Å²) in [6.07, 6.45) is 9.29. The van der Waals surface area contributed by atoms with E-state index in [2.05, 4.69) is 37.3 Å². The number of fused-ring (bicyclic) bond motifs is 1. The molecule has 1 aromatic rings. The summed E-state index contributed by atoms with van der Waals surface area (Å²) in [5, 5.41) is 15.4. The largest absolute Gasteiger partial charge is 0.356 e. The van der Waals surface area contributed by atoms with Crippen molar-refractivity contribution in [2.24, 2.45) is 4.99 Å². The zero-order chi connectivity index (χ0) is 15.6. The van der Waals surface area contributed by atoms with Crippen LogP contribution in [0.3, 0.4) is 0 Å². The van der Waals surface area contributed by atoms with Crippen LogP contribution in [0.5, 0.6) is 0 Å². The summed E-state index contributed by atoms with van der Waals surface area (Å²) < 4.78 is 2.33. The summed E-state index contributed by atoms with van der Waals surface area (Å²) in [5.41, 5.74) is 0. The fourth-order valence-electron chi connectivity index (χ4n) is 2.79. The lowest BCUT2D eigenvalue weighted by Gasteiger charge is -2.11. The molecule has 1 aliphatic rings. The second-order valence-corrected chi connectivity index (χ2v) is 5.88. The highest BCUT2D eigenvalue weighted by molar-refractivity contribution is 5.79. The molecule has 2 N–H and O–H groups in total. The molecule has 2 rings (SSSR count). The monoisotopic (exact) mass is 306 g/mol. The highest BCUT2D eigenvalue weighted by Crippen LogP contribution is 2.15. The van der Waals surface area contributed by atoms with E-state index < -0.39 is 0 Å². The van der Waals surface area contributed by atoms with E-state index in [-0.39, 0.29) is 0 Å². The number of aliphatic imine (C=N–C) groups is 1. The normalized spacial score (nSPS) is 15.3. The van der Waals surface area contributed by atoms with E-state index >= 15 is 0 Å². The standard InChI is InChI=1S/C16H30N6/c1-3-4-11-18-16(17-2)19-12-8-10-15-21-20-14-9-6-5-7-13-22(14)15/h3-13H2,1-2H3,(H2,17,18,19). The number of rotatable bonds is 7. The summed E-state index contributed by atoms with van der Waals surface area (Å²) in [7, 11) is 1.82. The first-order valence-corrected chi connectivity index (χ1v) is 8.70. The van der Waals surface area contributed by atoms with Crippen molar-refractivity contribution in [1.29, 1.82) is 0 Å². The Labute approximate surface area is 133 Å². The SMILES string of the molecule is CCCCNC(=NC)NCCCc1nnc2n1CCCCC2. The van der Waals surface area contributed by atoms with Gasteiger partial charge in [0.15, 0.2) is 5.96 Å². The zero-order valence-electron chi connectivity index (χ0n) is 14.1. The second kappa shape index (κ2) is 9.43. The molecule has 0 aliphatic carbocycles. The molecule has 0 saturated carbocycles. The van der Waals surface area contributed by atoms with Crippen LogP contribution in [0, 0.1) is 0 Å². The van der Waals surface area contributed by atoms with Gasteiger partial charge in [-0.25, -0.2) is 0 Å². The van der Waals surface area contributed by atoms with Crippen LogP contribution in [-0.4, -0.2) is 40.9 Å². The van der Waals surface area contributed by atoms with Crippen LogP contribution in [0.15, 0.2) is 4.99 Å². The Balaban J connectivity index is 1.71. The molecule has 6 nitrogen and oxygen atoms in total. The molecular weight excluding hydrogens is 276 g/mol. The van der Waals surface area contributed by atoms with E-state index in [4.69, 9.17) is 0 Å². The van der Waals surface area contributed by atoms with Crippen molar-refractivity contribution in [2.45, 2.75) is 64.8 Å². The maximum Gasteiger partial charge on any atom is 0.190 e. The quantitative estimate of drug-likeness (QED) is 0.459. The number of nitrogens with one attached hydrogen (secondary N) is 2. The van der Waals surface area contributed by atoms with Gasteiger partial charge in [-0.05, 0) is 25.7 Å². The van der Waals surface area contributed by atoms with E-state index in [9.17, 15) is 0 Å². The molecule has 6 heteroatoms. The van der Waals surface area contributed by atoms with Gasteiger partial charge in [0.05, 0.1) is 0 Å². The molecule has 0 bridgehead atoms. The van der Waals surface area contributed by atoms with E-state index in [1.807, 2.05) is 7.05 Å². The molecule has 0 unspecified atom stereocenters. The summed E-state index contributed by atoms with van der Waals surface area (Å²) in [6, 6.07) is 0. The summed E-state index contributed by atoms with van der Waals surface area (Å²) in [6.45, 7) is 5.17. The predicted molar refractivity (Wildman–Crippen MR) is 90.2 cm³/mol. The lowest BCUT2D eigenvalue weighted by atomic mass is 10.2. The fourth-order valence-corrected chi connectivity index (χ4v) is 2.79. The van der Waals surface area contributed by atoms with E-state index in [0.717, 1.165) is 50.7 Å². The third kappa shape index (κ3) is 5.00. The maximum absolute atomic E-state index is 4.38. The van der Waals surface area contributed by atoms with Crippen LogP contribution in [0.1, 0.15) is 57.1 Å². The van der Waals surface area contributed by atoms with Crippen LogP contribution < -0.4 is 10.6 Å². The number of guanidine groups is 1. The van der Waals surface area contributed by atoms with Gasteiger partial charge in [0.25, 0.3) is 0 Å². The summed E-state index contributed by atoms with van der Waals surface area (Å²) in [4.78, 5) is 4.24. The first-order valence-electron chi connectivity index (χ1n) is 8.70. The molecule has 0 fully saturated rings. The molecule has 0 spiro atoms. The highest BCUT2D eigenvalue weighted by Gasteiger charge is 2.13. The number of unbranched alkanes of at least 4 members (excludes halogenated alkanes) is 1. The van der Waals surface area contributed by atoms with Gasteiger partial charge in [-0.15, -0.1) is 10.2 Å². The molecule has 0 saturated heterocycles. The Kier molecular flexibility index (Phi) is 7.19. The first-order chi connectivity index (χ1) is 10.8. The molecule has 1 aliphatic heterocycles. The van der Waals surface area contributed by atoms with E-state index in [0.29, 0.717) is 0 Å². The van der Waals surface area contributed by atoms with Gasteiger partial charge in [0.2, 0.25) is 0 Å². The molecule has 0 radical (unpaired) electrons. The lowest BCUT2D eigenvalue weighted by Crippen LogP contribution is -2.38. The Morgan fingerprint density at radius 1 is 1.14 bits per heavy atom. The number of hydrogen-bond acceptors (Lipinski definition) is 3. The van der Waals surface area contributed by atoms with Gasteiger partial charge in [-0.1, -0.05) is 19.8 Å². The van der Waals surface area contributed by atoms with Crippen LogP contribution in [-0.2, 0) is 19.4 Å². The number of aromatic nitrogens is 3. The molecular formula is C16H30N6. The Morgan fingerprint density at radius 2 is 1.95 bits per heavy atom. The van der Waals surface area contributed by atoms with Crippen molar-refractivity contribution < 1.29 is 0 Å². The van der Waals surface area contributed by atoms with Gasteiger partial charge >= 0.3 is 0 Å². The van der Waals surface area contributed by atoms with Gasteiger partial charge in [0.1, 0.15) is 11.6 Å². The van der Waals surface area contributed by atoms with Gasteiger partial charge in [-0.2, -0.15) is 0 Å². The number of aryl methyl sites for hydroxylation is 2. The summed E-state index contributed by atoms with van der Waals surface area (Å²) in [5.74, 6) is 3.22. The predicted octanol–water partition coefficient (Wildman–Crippen LogP) is 1.90. The summed E-state index contributed by atoms with van der Waals surface area (Å²) >= 11 is 0. The van der Waals surface area contributed by atoms with Crippen molar-refractivity contribution in [3.63, 3.8) is 0 Å². The van der Waals surface area contributed by atoms with Gasteiger partial charge in [-0.3, -0.25) is 4.99 Å². The second-order valence-electron chi connectivity index (χ2n) is 5.88. The fraction of sp³-hybridized carbons (Fsp3) is 0.812. The molecule has 2 heterocycles. The Bertz CT molecular complexity index is 465. The molecule has 0 amide bonds. The van der Waals surface area contributed by atoms with Crippen LogP contribution in [0.25, 0.3) is 0 Å². The lowest BCUT2D eigenvalue weighted by molar-refractivity contribution is 0.593. The van der Waals surface area contributed by atoms with Crippen molar-refractivity contribution in [3.05, 3.63) is 11.6 Å². The van der Waals surface area contributed by atoms with E-state index in [1.54, 1.807) is 0 Å². The molecule has 22 heavy (non-hydrogen) atoms. The highest BCUT2D eigenvalue weighted by atomic mass is 15.3. The van der Waals surface area contributed by atoms with Crippen molar-refractivity contribution in [1.82, 2.24) is 25.4 Å². The van der Waals surface area contributed by atoms with Crippen LogP contribution >= 0.6 is 0 Å². The Hall–Kier alpha value is -1.59. The smallest absolute Gasteiger partial charge is 0.190 e. The van der Waals surface area contributed by atoms with Crippen LogP contribution in [0.4, 0.5) is 0 Å². The average molecular weight is 306 g/mol. The molecule has 1 aromatic heterocycles. The minimum atomic E-state index is 0.897. The van der Waals surface area contributed by atoms with Crippen LogP contribution in [0.2, 0.25) is 0 Å². The van der Waals surface area contributed by atoms with Crippen molar-refractivity contribution in [2.75, 3.05) is 20.1 Å². The number of nitrogens with zero attached hydrogens (tertiary/aromatic N) is 4. The van der Waals surface area contributed by atoms with Crippen molar-refractivity contribution >= 4 is 5.96 Å². The van der Waals surface area contributed by atoms with Gasteiger partial charge in [0, 0.05) is 39.5 Å². The Morgan fingerprint density at radius 3 is 2.73 bits per heavy atom. The topological polar surface area (TPSA) is 67.1 Å². The maximum atomic E-state index is 4.38. The molecule has 0 aromatic carbocycles. The minimum Gasteiger partial charge on any atom is -0.356 e. The average Bonchev–Trinajstić information content (AvgIpc) is 2.77. The minimum absolute atomic E-state index is 0.897. The third-order valence-electron chi connectivity index (χ3n) is 4.10. The molecule has 0 atom stereocenters. The van der Waals surface area contributed by atoms with E-state index in [1.165, 1.54) is 37.9 Å². The first kappa shape index (κ1) is 16.8. The van der Waals surface area contributed by atoms with Gasteiger partial charge < -0.3 is 15.2 Å². The molecule has 124 valence electrons.